The second-order valence-electron chi connectivity index (χ2n) is 6.66. The molecule has 0 spiro atoms. The van der Waals surface area contributed by atoms with Crippen LogP contribution in [0.15, 0.2) is 58.2 Å². The van der Waals surface area contributed by atoms with E-state index in [1.807, 2.05) is 66.9 Å². The van der Waals surface area contributed by atoms with Crippen molar-refractivity contribution in [3.63, 3.8) is 0 Å². The van der Waals surface area contributed by atoms with Crippen molar-refractivity contribution in [1.29, 1.82) is 0 Å². The molecule has 0 radical (unpaired) electrons. The van der Waals surface area contributed by atoms with E-state index < -0.39 is 0 Å². The minimum absolute atomic E-state index is 0.693. The number of thioether (sulfide) groups is 1. The first-order chi connectivity index (χ1) is 14.6. The molecule has 7 nitrogen and oxygen atoms in total. The van der Waals surface area contributed by atoms with Crippen molar-refractivity contribution in [1.82, 2.24) is 19.9 Å². The summed E-state index contributed by atoms with van der Waals surface area (Å²) in [4.78, 5) is 0. The van der Waals surface area contributed by atoms with Gasteiger partial charge in [-0.15, -0.1) is 10.2 Å². The highest BCUT2D eigenvalue weighted by atomic mass is 32.2. The van der Waals surface area contributed by atoms with Crippen LogP contribution in [0.1, 0.15) is 17.0 Å². The molecule has 154 valence electrons. The third-order valence-corrected chi connectivity index (χ3v) is 5.79. The van der Waals surface area contributed by atoms with Gasteiger partial charge in [0, 0.05) is 22.6 Å². The van der Waals surface area contributed by atoms with E-state index in [-0.39, 0.29) is 0 Å². The average molecular weight is 423 g/mol. The standard InChI is InChI=1S/C22H22N4O3S/c1-14-20(15(2)29-25-14)13-30-22-24-23-21(16-5-9-18(27-3)10-6-16)26(22)17-7-11-19(28-4)12-8-17/h5-12H,13H2,1-4H3. The fraction of sp³-hybridized carbons (Fsp3) is 0.227. The summed E-state index contributed by atoms with van der Waals surface area (Å²) in [5.74, 6) is 3.86. The molecule has 8 heteroatoms. The van der Waals surface area contributed by atoms with Crippen LogP contribution in [-0.4, -0.2) is 34.1 Å². The monoisotopic (exact) mass is 422 g/mol. The van der Waals surface area contributed by atoms with Gasteiger partial charge in [-0.3, -0.25) is 4.57 Å². The zero-order valence-corrected chi connectivity index (χ0v) is 18.1. The maximum absolute atomic E-state index is 5.30. The van der Waals surface area contributed by atoms with E-state index in [4.69, 9.17) is 14.0 Å². The number of ether oxygens (including phenoxy) is 2. The minimum atomic E-state index is 0.693. The maximum atomic E-state index is 5.30. The topological polar surface area (TPSA) is 75.2 Å². The minimum Gasteiger partial charge on any atom is -0.497 e. The molecule has 0 unspecified atom stereocenters. The second kappa shape index (κ2) is 8.62. The second-order valence-corrected chi connectivity index (χ2v) is 7.60. The Morgan fingerprint density at radius 2 is 1.53 bits per heavy atom. The zero-order chi connectivity index (χ0) is 21.1. The lowest BCUT2D eigenvalue weighted by Gasteiger charge is -2.11. The van der Waals surface area contributed by atoms with E-state index in [1.165, 1.54) is 0 Å². The average Bonchev–Trinajstić information content (AvgIpc) is 3.35. The molecule has 0 aliphatic heterocycles. The summed E-state index contributed by atoms with van der Waals surface area (Å²) in [5, 5.41) is 13.8. The molecule has 0 N–H and O–H groups in total. The Hall–Kier alpha value is -3.26. The van der Waals surface area contributed by atoms with E-state index in [2.05, 4.69) is 15.4 Å². The number of rotatable bonds is 7. The van der Waals surface area contributed by atoms with Crippen LogP contribution in [0.3, 0.4) is 0 Å². The summed E-state index contributed by atoms with van der Waals surface area (Å²) in [5.41, 5.74) is 3.87. The molecular formula is C22H22N4O3S. The summed E-state index contributed by atoms with van der Waals surface area (Å²) in [6, 6.07) is 15.6. The van der Waals surface area contributed by atoms with Gasteiger partial charge in [-0.25, -0.2) is 0 Å². The Kier molecular flexibility index (Phi) is 5.76. The van der Waals surface area contributed by atoms with Crippen LogP contribution in [0.25, 0.3) is 17.1 Å². The SMILES string of the molecule is COc1ccc(-c2nnc(SCc3c(C)noc3C)n2-c2ccc(OC)cc2)cc1. The van der Waals surface area contributed by atoms with Crippen molar-refractivity contribution in [3.8, 4) is 28.6 Å². The molecule has 4 aromatic rings. The molecule has 4 rings (SSSR count). The Balaban J connectivity index is 1.74. The van der Waals surface area contributed by atoms with Crippen molar-refractivity contribution in [2.24, 2.45) is 0 Å². The lowest BCUT2D eigenvalue weighted by Crippen LogP contribution is -2.00. The number of aromatic nitrogens is 4. The van der Waals surface area contributed by atoms with Gasteiger partial charge in [0.25, 0.3) is 0 Å². The van der Waals surface area contributed by atoms with Crippen LogP contribution in [0.5, 0.6) is 11.5 Å². The molecule has 0 amide bonds. The highest BCUT2D eigenvalue weighted by Crippen LogP contribution is 2.32. The Labute approximate surface area is 179 Å². The number of hydrogen-bond donors (Lipinski definition) is 0. The van der Waals surface area contributed by atoms with Gasteiger partial charge in [0.2, 0.25) is 0 Å². The lowest BCUT2D eigenvalue weighted by molar-refractivity contribution is 0.392. The van der Waals surface area contributed by atoms with Crippen LogP contribution >= 0.6 is 11.8 Å². The summed E-state index contributed by atoms with van der Waals surface area (Å²) in [6.07, 6.45) is 0. The molecule has 2 aromatic carbocycles. The molecule has 0 bridgehead atoms. The largest absolute Gasteiger partial charge is 0.497 e. The quantitative estimate of drug-likeness (QED) is 0.394. The number of methoxy groups -OCH3 is 2. The first-order valence-electron chi connectivity index (χ1n) is 9.39. The van der Waals surface area contributed by atoms with E-state index in [1.54, 1.807) is 26.0 Å². The van der Waals surface area contributed by atoms with E-state index >= 15 is 0 Å². The van der Waals surface area contributed by atoms with Crippen molar-refractivity contribution in [2.45, 2.75) is 24.8 Å². The molecule has 0 atom stereocenters. The lowest BCUT2D eigenvalue weighted by atomic mass is 10.2. The summed E-state index contributed by atoms with van der Waals surface area (Å²) in [7, 11) is 3.31. The number of benzene rings is 2. The summed E-state index contributed by atoms with van der Waals surface area (Å²) < 4.78 is 17.9. The first-order valence-corrected chi connectivity index (χ1v) is 10.4. The van der Waals surface area contributed by atoms with Gasteiger partial charge in [-0.05, 0) is 62.4 Å². The summed E-state index contributed by atoms with van der Waals surface area (Å²) in [6.45, 7) is 3.87. The Morgan fingerprint density at radius 3 is 2.10 bits per heavy atom. The van der Waals surface area contributed by atoms with Gasteiger partial charge < -0.3 is 14.0 Å². The molecule has 0 aliphatic carbocycles. The third kappa shape index (κ3) is 3.91. The van der Waals surface area contributed by atoms with Gasteiger partial charge in [0.1, 0.15) is 17.3 Å². The molecule has 0 aliphatic rings. The van der Waals surface area contributed by atoms with Gasteiger partial charge in [0.05, 0.1) is 19.9 Å². The smallest absolute Gasteiger partial charge is 0.196 e. The Bertz CT molecular complexity index is 1110. The predicted octanol–water partition coefficient (Wildman–Crippen LogP) is 4.85. The van der Waals surface area contributed by atoms with E-state index in [9.17, 15) is 0 Å². The molecule has 2 heterocycles. The fourth-order valence-corrected chi connectivity index (χ4v) is 4.20. The van der Waals surface area contributed by atoms with Gasteiger partial charge in [0.15, 0.2) is 11.0 Å². The molecular weight excluding hydrogens is 400 g/mol. The van der Waals surface area contributed by atoms with Crippen molar-refractivity contribution in [3.05, 3.63) is 65.5 Å². The fourth-order valence-electron chi connectivity index (χ4n) is 3.10. The highest BCUT2D eigenvalue weighted by Gasteiger charge is 2.18. The predicted molar refractivity (Wildman–Crippen MR) is 115 cm³/mol. The maximum Gasteiger partial charge on any atom is 0.196 e. The normalized spacial score (nSPS) is 10.9. The van der Waals surface area contributed by atoms with Gasteiger partial charge >= 0.3 is 0 Å². The van der Waals surface area contributed by atoms with Gasteiger partial charge in [-0.2, -0.15) is 0 Å². The third-order valence-electron chi connectivity index (χ3n) is 4.84. The van der Waals surface area contributed by atoms with Crippen molar-refractivity contribution < 1.29 is 14.0 Å². The first kappa shape index (κ1) is 20.0. The number of aryl methyl sites for hydroxylation is 2. The van der Waals surface area contributed by atoms with Crippen LogP contribution in [-0.2, 0) is 5.75 Å². The van der Waals surface area contributed by atoms with Crippen LogP contribution in [0.2, 0.25) is 0 Å². The van der Waals surface area contributed by atoms with Crippen LogP contribution in [0, 0.1) is 13.8 Å². The summed E-state index contributed by atoms with van der Waals surface area (Å²) >= 11 is 1.59. The zero-order valence-electron chi connectivity index (χ0n) is 17.2. The van der Waals surface area contributed by atoms with Crippen molar-refractivity contribution in [2.75, 3.05) is 14.2 Å². The van der Waals surface area contributed by atoms with Crippen LogP contribution < -0.4 is 9.47 Å². The number of hydrogen-bond acceptors (Lipinski definition) is 7. The molecule has 2 aromatic heterocycles. The number of nitrogens with zero attached hydrogens (tertiary/aromatic N) is 4. The molecule has 0 saturated carbocycles. The van der Waals surface area contributed by atoms with Gasteiger partial charge in [-0.1, -0.05) is 16.9 Å². The highest BCUT2D eigenvalue weighted by molar-refractivity contribution is 7.98. The van der Waals surface area contributed by atoms with Crippen LogP contribution in [0.4, 0.5) is 0 Å². The molecule has 0 fully saturated rings. The van der Waals surface area contributed by atoms with E-state index in [0.717, 1.165) is 50.7 Å². The molecule has 30 heavy (non-hydrogen) atoms. The van der Waals surface area contributed by atoms with Crippen molar-refractivity contribution >= 4 is 11.8 Å². The Morgan fingerprint density at radius 1 is 0.900 bits per heavy atom. The molecule has 0 saturated heterocycles. The van der Waals surface area contributed by atoms with E-state index in [0.29, 0.717) is 5.75 Å².